The Balaban J connectivity index is 1.33. The lowest BCUT2D eigenvalue weighted by Crippen LogP contribution is -2.33. The first kappa shape index (κ1) is 24.4. The van der Waals surface area contributed by atoms with Crippen molar-refractivity contribution in [3.8, 4) is 0 Å². The maximum atomic E-state index is 10.9. The molecule has 3 aromatic rings. The molecule has 14 heteroatoms. The van der Waals surface area contributed by atoms with Crippen LogP contribution in [-0.2, 0) is 11.3 Å². The highest BCUT2D eigenvalue weighted by Crippen LogP contribution is 2.39. The molecule has 0 unspecified atom stereocenters. The summed E-state index contributed by atoms with van der Waals surface area (Å²) in [6.07, 6.45) is 5.60. The van der Waals surface area contributed by atoms with E-state index in [0.29, 0.717) is 35.5 Å². The summed E-state index contributed by atoms with van der Waals surface area (Å²) in [7, 11) is 0. The van der Waals surface area contributed by atoms with Gasteiger partial charge in [0.05, 0.1) is 12.9 Å². The Hall–Kier alpha value is -2.94. The van der Waals surface area contributed by atoms with Gasteiger partial charge in [0.2, 0.25) is 11.8 Å². The summed E-state index contributed by atoms with van der Waals surface area (Å²) in [6.45, 7) is 2.42. The standard InChI is InChI=1S/C23H35N11O3/c1-2-34-31-20(30-32-34)18-16(35)17(36)22(37-18)33-11-25-15-19(26-13-5-3-4-6-13)28-23(29-21(15)33)27-14-9-7-12(24)8-10-14/h11-14,16-18,22,35-36H,2-10,24H2,1H3,(H2,26,27,28,29)/t12-,14-,16-,17+,18-,22+/m0/s1. The molecule has 0 bridgehead atoms. The molecule has 1 aliphatic heterocycles. The number of anilines is 2. The molecule has 0 amide bonds. The number of aliphatic hydroxyl groups excluding tert-OH is 2. The van der Waals surface area contributed by atoms with Crippen LogP contribution in [0.4, 0.5) is 11.8 Å². The number of hydrogen-bond acceptors (Lipinski definition) is 12. The molecule has 3 aromatic heterocycles. The molecule has 2 saturated carbocycles. The van der Waals surface area contributed by atoms with Crippen LogP contribution in [-0.4, -0.2) is 80.3 Å². The molecule has 14 nitrogen and oxygen atoms in total. The lowest BCUT2D eigenvalue weighted by atomic mass is 9.92. The molecule has 2 aliphatic carbocycles. The van der Waals surface area contributed by atoms with Crippen molar-refractivity contribution in [2.45, 2.75) is 108 Å². The van der Waals surface area contributed by atoms with E-state index in [9.17, 15) is 10.2 Å². The van der Waals surface area contributed by atoms with Crippen molar-refractivity contribution in [3.05, 3.63) is 12.2 Å². The number of imidazole rings is 1. The number of rotatable bonds is 7. The molecule has 6 rings (SSSR count). The van der Waals surface area contributed by atoms with Gasteiger partial charge in [0, 0.05) is 18.1 Å². The van der Waals surface area contributed by atoms with Gasteiger partial charge in [-0.1, -0.05) is 12.8 Å². The number of nitrogens with two attached hydrogens (primary N) is 1. The number of fused-ring (bicyclic) bond motifs is 1. The molecule has 1 saturated heterocycles. The summed E-state index contributed by atoms with van der Waals surface area (Å²) in [5, 5.41) is 41.0. The van der Waals surface area contributed by atoms with E-state index in [1.807, 2.05) is 6.92 Å². The van der Waals surface area contributed by atoms with Gasteiger partial charge in [-0.05, 0) is 50.7 Å². The first-order valence-corrected chi connectivity index (χ1v) is 13.3. The second-order valence-corrected chi connectivity index (χ2v) is 10.4. The van der Waals surface area contributed by atoms with Gasteiger partial charge in [0.15, 0.2) is 29.3 Å². The van der Waals surface area contributed by atoms with E-state index in [2.05, 4.69) is 31.0 Å². The largest absolute Gasteiger partial charge is 0.387 e. The third-order valence-corrected chi connectivity index (χ3v) is 7.74. The van der Waals surface area contributed by atoms with Gasteiger partial charge >= 0.3 is 0 Å². The number of aryl methyl sites for hydroxylation is 1. The van der Waals surface area contributed by atoms with E-state index in [1.54, 1.807) is 10.9 Å². The zero-order valence-electron chi connectivity index (χ0n) is 20.9. The summed E-state index contributed by atoms with van der Waals surface area (Å²) >= 11 is 0. The number of aromatic nitrogens is 8. The molecule has 0 spiro atoms. The maximum Gasteiger partial charge on any atom is 0.227 e. The summed E-state index contributed by atoms with van der Waals surface area (Å²) < 4.78 is 7.74. The summed E-state index contributed by atoms with van der Waals surface area (Å²) in [5.41, 5.74) is 7.19. The minimum absolute atomic E-state index is 0.219. The second-order valence-electron chi connectivity index (χ2n) is 10.4. The van der Waals surface area contributed by atoms with Gasteiger partial charge in [-0.25, -0.2) is 4.98 Å². The van der Waals surface area contributed by atoms with Gasteiger partial charge in [-0.15, -0.1) is 10.2 Å². The van der Waals surface area contributed by atoms with Gasteiger partial charge in [0.25, 0.3) is 0 Å². The number of hydrogen-bond donors (Lipinski definition) is 5. The quantitative estimate of drug-likeness (QED) is 0.300. The molecule has 6 N–H and O–H groups in total. The van der Waals surface area contributed by atoms with Crippen LogP contribution >= 0.6 is 0 Å². The van der Waals surface area contributed by atoms with Crippen molar-refractivity contribution in [2.75, 3.05) is 10.6 Å². The van der Waals surface area contributed by atoms with Crippen LogP contribution in [0.25, 0.3) is 11.2 Å². The fourth-order valence-corrected chi connectivity index (χ4v) is 5.58. The summed E-state index contributed by atoms with van der Waals surface area (Å²) in [5.74, 6) is 1.37. The van der Waals surface area contributed by atoms with Crippen LogP contribution in [0.3, 0.4) is 0 Å². The maximum absolute atomic E-state index is 10.9. The first-order valence-electron chi connectivity index (χ1n) is 13.3. The van der Waals surface area contributed by atoms with Crippen LogP contribution < -0.4 is 16.4 Å². The van der Waals surface area contributed by atoms with Crippen LogP contribution in [0.15, 0.2) is 6.33 Å². The third-order valence-electron chi connectivity index (χ3n) is 7.74. The smallest absolute Gasteiger partial charge is 0.227 e. The van der Waals surface area contributed by atoms with E-state index in [4.69, 9.17) is 20.4 Å². The molecule has 3 aliphatic rings. The molecular formula is C23H35N11O3. The topological polar surface area (TPSA) is 187 Å². The molecule has 4 atom stereocenters. The third kappa shape index (κ3) is 4.74. The molecular weight excluding hydrogens is 478 g/mol. The van der Waals surface area contributed by atoms with E-state index in [1.165, 1.54) is 17.6 Å². The van der Waals surface area contributed by atoms with Crippen LogP contribution in [0, 0.1) is 0 Å². The number of tetrazole rings is 1. The molecule has 200 valence electrons. The average Bonchev–Trinajstić information content (AvgIpc) is 3.70. The summed E-state index contributed by atoms with van der Waals surface area (Å²) in [6, 6.07) is 0.812. The van der Waals surface area contributed by atoms with Crippen molar-refractivity contribution in [1.29, 1.82) is 0 Å². The predicted molar refractivity (Wildman–Crippen MR) is 133 cm³/mol. The Bertz CT molecular complexity index is 1220. The molecule has 4 heterocycles. The first-order chi connectivity index (χ1) is 18.0. The zero-order valence-corrected chi connectivity index (χ0v) is 20.9. The Labute approximate surface area is 214 Å². The van der Waals surface area contributed by atoms with Crippen molar-refractivity contribution in [3.63, 3.8) is 0 Å². The molecule has 0 aromatic carbocycles. The van der Waals surface area contributed by atoms with Crippen molar-refractivity contribution >= 4 is 22.9 Å². The van der Waals surface area contributed by atoms with E-state index in [0.717, 1.165) is 38.5 Å². The lowest BCUT2D eigenvalue weighted by molar-refractivity contribution is -0.0384. The van der Waals surface area contributed by atoms with Crippen molar-refractivity contribution < 1.29 is 14.9 Å². The minimum atomic E-state index is -1.24. The highest BCUT2D eigenvalue weighted by atomic mass is 16.6. The van der Waals surface area contributed by atoms with Crippen LogP contribution in [0.2, 0.25) is 0 Å². The van der Waals surface area contributed by atoms with Crippen molar-refractivity contribution in [1.82, 2.24) is 39.7 Å². The Kier molecular flexibility index (Phi) is 6.65. The highest BCUT2D eigenvalue weighted by molar-refractivity contribution is 5.84. The van der Waals surface area contributed by atoms with Gasteiger partial charge in [0.1, 0.15) is 12.2 Å². The Morgan fingerprint density at radius 2 is 1.78 bits per heavy atom. The highest BCUT2D eigenvalue weighted by Gasteiger charge is 2.47. The van der Waals surface area contributed by atoms with Crippen LogP contribution in [0.5, 0.6) is 0 Å². The molecule has 3 fully saturated rings. The number of ether oxygens (including phenoxy) is 1. The fourth-order valence-electron chi connectivity index (χ4n) is 5.58. The van der Waals surface area contributed by atoms with E-state index < -0.39 is 24.5 Å². The van der Waals surface area contributed by atoms with E-state index >= 15 is 0 Å². The monoisotopic (exact) mass is 513 g/mol. The number of nitrogens with one attached hydrogen (secondary N) is 2. The Morgan fingerprint density at radius 1 is 1.03 bits per heavy atom. The van der Waals surface area contributed by atoms with Gasteiger partial charge in [-0.3, -0.25) is 4.57 Å². The van der Waals surface area contributed by atoms with Crippen molar-refractivity contribution in [2.24, 2.45) is 5.73 Å². The van der Waals surface area contributed by atoms with E-state index in [-0.39, 0.29) is 17.9 Å². The van der Waals surface area contributed by atoms with Gasteiger partial charge < -0.3 is 31.3 Å². The number of nitrogens with zero attached hydrogens (tertiary/aromatic N) is 8. The van der Waals surface area contributed by atoms with Gasteiger partial charge in [-0.2, -0.15) is 14.8 Å². The lowest BCUT2D eigenvalue weighted by Gasteiger charge is -2.27. The minimum Gasteiger partial charge on any atom is -0.387 e. The normalized spacial score (nSPS) is 30.8. The fraction of sp³-hybridized carbons (Fsp3) is 0.739. The summed E-state index contributed by atoms with van der Waals surface area (Å²) in [4.78, 5) is 15.6. The Morgan fingerprint density at radius 3 is 2.51 bits per heavy atom. The molecule has 0 radical (unpaired) electrons. The number of aliphatic hydroxyl groups is 2. The SMILES string of the molecule is CCn1nnc([C@H]2O[C@@H](n3cnc4c(NC5CCCC5)nc(N[C@H]5CC[C@H](N)CC5)nc43)[C@H](O)[C@@H]2O)n1. The zero-order chi connectivity index (χ0) is 25.5. The average molecular weight is 514 g/mol. The second kappa shape index (κ2) is 10.1. The molecule has 37 heavy (non-hydrogen) atoms. The van der Waals surface area contributed by atoms with Crippen LogP contribution in [0.1, 0.15) is 76.4 Å². The predicted octanol–water partition coefficient (Wildman–Crippen LogP) is 0.861.